The molecular weight excluding hydrogens is 270 g/mol. The number of fused-ring (bicyclic) bond motifs is 3. The summed E-state index contributed by atoms with van der Waals surface area (Å²) in [6, 6.07) is 0. The van der Waals surface area contributed by atoms with Crippen LogP contribution in [-0.2, 0) is 9.57 Å². The molecule has 3 aliphatic heterocycles. The van der Waals surface area contributed by atoms with Crippen molar-refractivity contribution >= 4 is 17.3 Å². The number of ether oxygens (including phenoxy) is 1. The number of nitrogens with two attached hydrogens (primary N) is 1. The first-order chi connectivity index (χ1) is 9.63. The van der Waals surface area contributed by atoms with Gasteiger partial charge in [-0.2, -0.15) is 5.06 Å². The van der Waals surface area contributed by atoms with E-state index in [1.54, 1.807) is 4.90 Å². The summed E-state index contributed by atoms with van der Waals surface area (Å²) in [5.74, 6) is 0.718. The summed E-state index contributed by atoms with van der Waals surface area (Å²) in [6.07, 6.45) is -3.30. The van der Waals surface area contributed by atoms with Gasteiger partial charge in [-0.3, -0.25) is 4.90 Å². The maximum atomic E-state index is 10.1. The van der Waals surface area contributed by atoms with Crippen LogP contribution >= 0.6 is 0 Å². The average molecular weight is 283 g/mol. The molecule has 4 heterocycles. The third kappa shape index (κ3) is 1.39. The molecule has 10 nitrogen and oxygen atoms in total. The summed E-state index contributed by atoms with van der Waals surface area (Å²) in [6.45, 7) is -0.392. The molecule has 0 amide bonds. The van der Waals surface area contributed by atoms with Gasteiger partial charge in [-0.05, 0) is 0 Å². The molecule has 20 heavy (non-hydrogen) atoms. The van der Waals surface area contributed by atoms with Gasteiger partial charge in [0.25, 0.3) is 6.35 Å². The molecule has 3 aliphatic rings. The second-order valence-electron chi connectivity index (χ2n) is 4.82. The second kappa shape index (κ2) is 3.90. The third-order valence-corrected chi connectivity index (χ3v) is 3.69. The first-order valence-corrected chi connectivity index (χ1v) is 6.10. The summed E-state index contributed by atoms with van der Waals surface area (Å²) >= 11 is 0. The molecule has 10 heteroatoms. The number of anilines is 3. The van der Waals surface area contributed by atoms with Gasteiger partial charge in [-0.15, -0.1) is 0 Å². The van der Waals surface area contributed by atoms with Gasteiger partial charge < -0.3 is 25.8 Å². The van der Waals surface area contributed by atoms with Crippen LogP contribution in [0.5, 0.6) is 0 Å². The fourth-order valence-electron chi connectivity index (χ4n) is 2.64. The number of hydrogen-bond acceptors (Lipinski definition) is 10. The van der Waals surface area contributed by atoms with E-state index in [0.29, 0.717) is 11.5 Å². The zero-order valence-electron chi connectivity index (χ0n) is 10.2. The normalized spacial score (nSPS) is 38.0. The fraction of sp³-hybridized carbons (Fsp3) is 0.600. The predicted molar refractivity (Wildman–Crippen MR) is 64.0 cm³/mol. The Bertz CT molecular complexity index is 559. The molecule has 0 bridgehead atoms. The fourth-order valence-corrected chi connectivity index (χ4v) is 2.64. The Labute approximate surface area is 112 Å². The molecular formula is C10H13N5O5. The highest BCUT2D eigenvalue weighted by Gasteiger charge is 2.60. The first-order valence-electron chi connectivity index (χ1n) is 6.10. The van der Waals surface area contributed by atoms with E-state index in [9.17, 15) is 10.2 Å². The van der Waals surface area contributed by atoms with E-state index in [-0.39, 0.29) is 5.82 Å². The number of hydroxylamine groups is 1. The number of nitrogens with zero attached hydrogens (tertiary/aromatic N) is 4. The van der Waals surface area contributed by atoms with E-state index >= 15 is 0 Å². The van der Waals surface area contributed by atoms with Crippen molar-refractivity contribution in [1.29, 1.82) is 0 Å². The first kappa shape index (κ1) is 12.1. The number of aliphatic hydroxyl groups excluding tert-OH is 3. The van der Waals surface area contributed by atoms with Crippen LogP contribution in [0.4, 0.5) is 17.3 Å². The molecule has 108 valence electrons. The van der Waals surface area contributed by atoms with Gasteiger partial charge in [-0.25, -0.2) is 14.8 Å². The van der Waals surface area contributed by atoms with Crippen LogP contribution in [-0.4, -0.2) is 62.8 Å². The van der Waals surface area contributed by atoms with Crippen molar-refractivity contribution in [1.82, 2.24) is 9.97 Å². The van der Waals surface area contributed by atoms with Crippen LogP contribution < -0.4 is 15.7 Å². The Balaban J connectivity index is 1.70. The standard InChI is InChI=1S/C10H13N5O5/c11-7-4-8(13-2-12-7)14(10-15(4)20-10)9-6(18)5(17)3(1-16)19-9/h2-3,5-6,9-10,16-18H,1H2,(H2,11,12,13)/t3-,5-,6-,9-,10?,15?/m1/s1. The number of aliphatic hydroxyl groups is 3. The van der Waals surface area contributed by atoms with Gasteiger partial charge in [0.1, 0.15) is 24.6 Å². The zero-order valence-corrected chi connectivity index (χ0v) is 10.2. The highest BCUT2D eigenvalue weighted by Crippen LogP contribution is 2.51. The topological polar surface area (TPSA) is 140 Å². The van der Waals surface area contributed by atoms with Gasteiger partial charge in [0.05, 0.1) is 6.61 Å². The van der Waals surface area contributed by atoms with Crippen molar-refractivity contribution in [3.8, 4) is 0 Å². The van der Waals surface area contributed by atoms with E-state index in [0.717, 1.165) is 0 Å². The van der Waals surface area contributed by atoms with Crippen LogP contribution in [0.3, 0.4) is 0 Å². The lowest BCUT2D eigenvalue weighted by Gasteiger charge is -2.26. The van der Waals surface area contributed by atoms with Gasteiger partial charge >= 0.3 is 0 Å². The molecule has 1 unspecified atom stereocenters. The highest BCUT2D eigenvalue weighted by molar-refractivity contribution is 5.83. The van der Waals surface area contributed by atoms with Gasteiger partial charge in [-0.1, -0.05) is 0 Å². The van der Waals surface area contributed by atoms with E-state index < -0.39 is 37.5 Å². The third-order valence-electron chi connectivity index (χ3n) is 3.69. The number of rotatable bonds is 2. The van der Waals surface area contributed by atoms with Gasteiger partial charge in [0, 0.05) is 0 Å². The predicted octanol–water partition coefficient (Wildman–Crippen LogP) is -2.65. The second-order valence-corrected chi connectivity index (χ2v) is 4.82. The highest BCUT2D eigenvalue weighted by atomic mass is 16.9. The Hall–Kier alpha value is -1.72. The maximum absolute atomic E-state index is 10.1. The Morgan fingerprint density at radius 2 is 2.10 bits per heavy atom. The van der Waals surface area contributed by atoms with E-state index in [4.69, 9.17) is 20.4 Å². The quantitative estimate of drug-likeness (QED) is 0.425. The molecule has 2 saturated heterocycles. The van der Waals surface area contributed by atoms with Gasteiger partial charge in [0.15, 0.2) is 23.6 Å². The molecule has 1 aromatic heterocycles. The molecule has 0 saturated carbocycles. The van der Waals surface area contributed by atoms with Crippen molar-refractivity contribution in [3.05, 3.63) is 6.33 Å². The molecule has 0 spiro atoms. The van der Waals surface area contributed by atoms with Gasteiger partial charge in [0.2, 0.25) is 0 Å². The maximum Gasteiger partial charge on any atom is 0.261 e. The average Bonchev–Trinajstić information content (AvgIpc) is 3.07. The lowest BCUT2D eigenvalue weighted by Crippen LogP contribution is -2.45. The summed E-state index contributed by atoms with van der Waals surface area (Å²) in [5, 5.41) is 30.5. The molecule has 5 N–H and O–H groups in total. The largest absolute Gasteiger partial charge is 0.394 e. The summed E-state index contributed by atoms with van der Waals surface area (Å²) in [5.41, 5.74) is 6.28. The van der Waals surface area contributed by atoms with E-state index in [1.807, 2.05) is 0 Å². The number of hydrogen-bond donors (Lipinski definition) is 4. The minimum atomic E-state index is -1.19. The van der Waals surface area contributed by atoms with Crippen LogP contribution in [0.1, 0.15) is 0 Å². The molecule has 5 atom stereocenters. The Kier molecular flexibility index (Phi) is 2.35. The van der Waals surface area contributed by atoms with E-state index in [2.05, 4.69) is 9.97 Å². The van der Waals surface area contributed by atoms with Crippen molar-refractivity contribution in [2.24, 2.45) is 0 Å². The van der Waals surface area contributed by atoms with Crippen LogP contribution in [0, 0.1) is 0 Å². The SMILES string of the molecule is Nc1ncnc2c1N1OC1N2[C@@H]1O[C@H](CO)[C@@H](O)[C@H]1O. The van der Waals surface area contributed by atoms with E-state index in [1.165, 1.54) is 11.4 Å². The summed E-state index contributed by atoms with van der Waals surface area (Å²) < 4.78 is 5.48. The number of nitrogen functional groups attached to an aromatic ring is 1. The summed E-state index contributed by atoms with van der Waals surface area (Å²) in [4.78, 5) is 14.9. The minimum absolute atomic E-state index is 0.256. The molecule has 0 aromatic carbocycles. The molecule has 4 rings (SSSR count). The zero-order chi connectivity index (χ0) is 14.0. The van der Waals surface area contributed by atoms with Crippen LogP contribution in [0.25, 0.3) is 0 Å². The van der Waals surface area contributed by atoms with Crippen LogP contribution in [0.15, 0.2) is 6.33 Å². The molecule has 0 aliphatic carbocycles. The van der Waals surface area contributed by atoms with Crippen LogP contribution in [0.2, 0.25) is 0 Å². The van der Waals surface area contributed by atoms with Crippen molar-refractivity contribution < 1.29 is 24.9 Å². The lowest BCUT2D eigenvalue weighted by molar-refractivity contribution is -0.0248. The Morgan fingerprint density at radius 1 is 1.30 bits per heavy atom. The smallest absolute Gasteiger partial charge is 0.261 e. The minimum Gasteiger partial charge on any atom is -0.394 e. The van der Waals surface area contributed by atoms with Crippen molar-refractivity contribution in [2.45, 2.75) is 30.9 Å². The lowest BCUT2D eigenvalue weighted by atomic mass is 10.1. The van der Waals surface area contributed by atoms with Crippen molar-refractivity contribution in [3.63, 3.8) is 0 Å². The molecule has 1 aromatic rings. The molecule has 2 fully saturated rings. The Morgan fingerprint density at radius 3 is 2.80 bits per heavy atom. The van der Waals surface area contributed by atoms with Crippen molar-refractivity contribution in [2.75, 3.05) is 22.3 Å². The summed E-state index contributed by atoms with van der Waals surface area (Å²) in [7, 11) is 0. The molecule has 0 radical (unpaired) electrons. The number of aromatic nitrogens is 2. The monoisotopic (exact) mass is 283 g/mol.